The highest BCUT2D eigenvalue weighted by Crippen LogP contribution is 2.15. The number of hydrogen-bond donors (Lipinski definition) is 0. The average molecular weight is 288 g/mol. The van der Waals surface area contributed by atoms with Gasteiger partial charge in [0.25, 0.3) is 5.91 Å². The molecule has 21 heavy (non-hydrogen) atoms. The fraction of sp³-hybridized carbons (Fsp3) is 0.588. The zero-order valence-electron chi connectivity index (χ0n) is 12.8. The number of carbonyl (C=O) groups excluding carboxylic acids is 1. The molecule has 2 fully saturated rings. The van der Waals surface area contributed by atoms with Gasteiger partial charge in [-0.25, -0.2) is 0 Å². The van der Waals surface area contributed by atoms with Crippen LogP contribution in [-0.2, 0) is 4.74 Å². The monoisotopic (exact) mass is 288 g/mol. The second-order valence-corrected chi connectivity index (χ2v) is 6.10. The molecule has 2 saturated heterocycles. The van der Waals surface area contributed by atoms with E-state index in [4.69, 9.17) is 4.74 Å². The van der Waals surface area contributed by atoms with Crippen molar-refractivity contribution < 1.29 is 9.53 Å². The first-order valence-corrected chi connectivity index (χ1v) is 7.92. The maximum atomic E-state index is 12.5. The molecule has 4 nitrogen and oxygen atoms in total. The number of ether oxygens (including phenoxy) is 1. The SMILES string of the molecule is Cc1cccc(C(=O)N2CCN(CC3CCCO3)CC2)c1. The van der Waals surface area contributed by atoms with Gasteiger partial charge in [-0.1, -0.05) is 17.7 Å². The van der Waals surface area contributed by atoms with Crippen molar-refractivity contribution in [3.8, 4) is 0 Å². The topological polar surface area (TPSA) is 32.8 Å². The van der Waals surface area contributed by atoms with Crippen LogP contribution in [0.2, 0.25) is 0 Å². The van der Waals surface area contributed by atoms with Crippen LogP contribution < -0.4 is 0 Å². The first-order valence-electron chi connectivity index (χ1n) is 7.92. The molecule has 1 aromatic carbocycles. The molecule has 1 amide bonds. The van der Waals surface area contributed by atoms with Gasteiger partial charge < -0.3 is 9.64 Å². The minimum atomic E-state index is 0.162. The highest BCUT2D eigenvalue weighted by molar-refractivity contribution is 5.94. The normalized spacial score (nSPS) is 23.5. The van der Waals surface area contributed by atoms with Crippen LogP contribution in [0.25, 0.3) is 0 Å². The summed E-state index contributed by atoms with van der Waals surface area (Å²) in [5.41, 5.74) is 1.94. The van der Waals surface area contributed by atoms with E-state index in [1.165, 1.54) is 12.8 Å². The van der Waals surface area contributed by atoms with Crippen LogP contribution in [0.5, 0.6) is 0 Å². The average Bonchev–Trinajstić information content (AvgIpc) is 3.00. The van der Waals surface area contributed by atoms with E-state index in [0.29, 0.717) is 6.10 Å². The van der Waals surface area contributed by atoms with E-state index in [9.17, 15) is 4.79 Å². The van der Waals surface area contributed by atoms with Crippen molar-refractivity contribution in [2.24, 2.45) is 0 Å². The first-order chi connectivity index (χ1) is 10.2. The molecule has 0 aliphatic carbocycles. The van der Waals surface area contributed by atoms with Gasteiger partial charge in [0.15, 0.2) is 0 Å². The van der Waals surface area contributed by atoms with Crippen LogP contribution in [0, 0.1) is 6.92 Å². The zero-order valence-corrected chi connectivity index (χ0v) is 12.8. The smallest absolute Gasteiger partial charge is 0.253 e. The lowest BCUT2D eigenvalue weighted by atomic mass is 10.1. The Hall–Kier alpha value is -1.39. The molecule has 0 radical (unpaired) electrons. The molecule has 0 aromatic heterocycles. The molecule has 0 saturated carbocycles. The molecule has 1 atom stereocenters. The number of piperazine rings is 1. The van der Waals surface area contributed by atoms with E-state index in [0.717, 1.165) is 50.5 Å². The molecule has 1 aromatic rings. The summed E-state index contributed by atoms with van der Waals surface area (Å²) in [6.07, 6.45) is 2.78. The minimum Gasteiger partial charge on any atom is -0.377 e. The van der Waals surface area contributed by atoms with Gasteiger partial charge in [0.05, 0.1) is 6.10 Å². The third-order valence-corrected chi connectivity index (χ3v) is 4.41. The Balaban J connectivity index is 1.52. The molecule has 0 N–H and O–H groups in total. The lowest BCUT2D eigenvalue weighted by Crippen LogP contribution is -2.50. The van der Waals surface area contributed by atoms with Crippen LogP contribution in [0.1, 0.15) is 28.8 Å². The summed E-state index contributed by atoms with van der Waals surface area (Å²) in [4.78, 5) is 16.9. The third-order valence-electron chi connectivity index (χ3n) is 4.41. The fourth-order valence-corrected chi connectivity index (χ4v) is 3.17. The number of nitrogens with zero attached hydrogens (tertiary/aromatic N) is 2. The first kappa shape index (κ1) is 14.5. The van der Waals surface area contributed by atoms with Gasteiger partial charge in [0.1, 0.15) is 0 Å². The second kappa shape index (κ2) is 6.58. The zero-order chi connectivity index (χ0) is 14.7. The van der Waals surface area contributed by atoms with Crippen LogP contribution in [0.4, 0.5) is 0 Å². The Morgan fingerprint density at radius 1 is 1.29 bits per heavy atom. The summed E-state index contributed by atoms with van der Waals surface area (Å²) >= 11 is 0. The lowest BCUT2D eigenvalue weighted by Gasteiger charge is -2.35. The van der Waals surface area contributed by atoms with Crippen molar-refractivity contribution in [3.63, 3.8) is 0 Å². The van der Waals surface area contributed by atoms with E-state index in [1.807, 2.05) is 36.1 Å². The largest absolute Gasteiger partial charge is 0.377 e. The predicted octanol–water partition coefficient (Wildman–Crippen LogP) is 1.93. The van der Waals surface area contributed by atoms with Gasteiger partial charge >= 0.3 is 0 Å². The van der Waals surface area contributed by atoms with Gasteiger partial charge in [0, 0.05) is 44.9 Å². The summed E-state index contributed by atoms with van der Waals surface area (Å²) in [6, 6.07) is 7.86. The molecule has 4 heteroatoms. The molecule has 0 spiro atoms. The number of aryl methyl sites for hydroxylation is 1. The molecule has 3 rings (SSSR count). The van der Waals surface area contributed by atoms with E-state index in [-0.39, 0.29) is 5.91 Å². The van der Waals surface area contributed by atoms with E-state index < -0.39 is 0 Å². The van der Waals surface area contributed by atoms with Gasteiger partial charge in [-0.05, 0) is 31.9 Å². The minimum absolute atomic E-state index is 0.162. The summed E-state index contributed by atoms with van der Waals surface area (Å²) in [7, 11) is 0. The number of benzene rings is 1. The maximum absolute atomic E-state index is 12.5. The van der Waals surface area contributed by atoms with E-state index in [1.54, 1.807) is 0 Å². The highest BCUT2D eigenvalue weighted by atomic mass is 16.5. The Morgan fingerprint density at radius 2 is 2.10 bits per heavy atom. The van der Waals surface area contributed by atoms with Crippen LogP contribution in [0.15, 0.2) is 24.3 Å². The number of rotatable bonds is 3. The van der Waals surface area contributed by atoms with Crippen LogP contribution in [-0.4, -0.2) is 61.1 Å². The number of amides is 1. The van der Waals surface area contributed by atoms with Crippen molar-refractivity contribution in [2.75, 3.05) is 39.3 Å². The summed E-state index contributed by atoms with van der Waals surface area (Å²) < 4.78 is 5.69. The molecule has 114 valence electrons. The lowest BCUT2D eigenvalue weighted by molar-refractivity contribution is 0.0432. The van der Waals surface area contributed by atoms with Gasteiger partial charge in [-0.2, -0.15) is 0 Å². The molecule has 2 aliphatic heterocycles. The number of hydrogen-bond acceptors (Lipinski definition) is 3. The van der Waals surface area contributed by atoms with Crippen molar-refractivity contribution in [3.05, 3.63) is 35.4 Å². The quantitative estimate of drug-likeness (QED) is 0.852. The van der Waals surface area contributed by atoms with Crippen molar-refractivity contribution in [2.45, 2.75) is 25.9 Å². The molecular formula is C17H24N2O2. The predicted molar refractivity (Wildman–Crippen MR) is 82.5 cm³/mol. The van der Waals surface area contributed by atoms with Gasteiger partial charge in [-0.3, -0.25) is 9.69 Å². The van der Waals surface area contributed by atoms with E-state index in [2.05, 4.69) is 4.90 Å². The van der Waals surface area contributed by atoms with Crippen LogP contribution in [0.3, 0.4) is 0 Å². The maximum Gasteiger partial charge on any atom is 0.253 e. The fourth-order valence-electron chi connectivity index (χ4n) is 3.17. The Kier molecular flexibility index (Phi) is 4.56. The Bertz CT molecular complexity index is 489. The summed E-state index contributed by atoms with van der Waals surface area (Å²) in [5.74, 6) is 0.162. The molecule has 0 bridgehead atoms. The molecule has 1 unspecified atom stereocenters. The molecule has 2 aliphatic rings. The Morgan fingerprint density at radius 3 is 2.76 bits per heavy atom. The summed E-state index contributed by atoms with van der Waals surface area (Å²) in [6.45, 7) is 7.51. The summed E-state index contributed by atoms with van der Waals surface area (Å²) in [5, 5.41) is 0. The third kappa shape index (κ3) is 3.63. The van der Waals surface area contributed by atoms with E-state index >= 15 is 0 Å². The van der Waals surface area contributed by atoms with Gasteiger partial charge in [0.2, 0.25) is 0 Å². The molecular weight excluding hydrogens is 264 g/mol. The van der Waals surface area contributed by atoms with Crippen LogP contribution >= 0.6 is 0 Å². The molecule has 2 heterocycles. The van der Waals surface area contributed by atoms with Crippen molar-refractivity contribution >= 4 is 5.91 Å². The van der Waals surface area contributed by atoms with Crippen molar-refractivity contribution in [1.82, 2.24) is 9.80 Å². The standard InChI is InChI=1S/C17H24N2O2/c1-14-4-2-5-15(12-14)17(20)19-9-7-18(8-10-19)13-16-6-3-11-21-16/h2,4-5,12,16H,3,6-11,13H2,1H3. The van der Waals surface area contributed by atoms with Gasteiger partial charge in [-0.15, -0.1) is 0 Å². The number of carbonyl (C=O) groups is 1. The second-order valence-electron chi connectivity index (χ2n) is 6.10. The van der Waals surface area contributed by atoms with Crippen molar-refractivity contribution in [1.29, 1.82) is 0 Å². The Labute approximate surface area is 126 Å². The highest BCUT2D eigenvalue weighted by Gasteiger charge is 2.25.